The van der Waals surface area contributed by atoms with Gasteiger partial charge in [-0.25, -0.2) is 4.98 Å². The van der Waals surface area contributed by atoms with Gasteiger partial charge in [0.2, 0.25) is 0 Å². The first-order valence-corrected chi connectivity index (χ1v) is 7.14. The van der Waals surface area contributed by atoms with Crippen molar-refractivity contribution in [1.82, 2.24) is 14.9 Å². The lowest BCUT2D eigenvalue weighted by atomic mass is 10.2. The molecule has 1 aliphatic rings. The number of hydrogen-bond acceptors (Lipinski definition) is 4. The molecule has 2 heterocycles. The maximum absolute atomic E-state index is 12.7. The Balaban J connectivity index is 1.87. The molecule has 3 rings (SSSR count). The zero-order chi connectivity index (χ0) is 14.8. The van der Waals surface area contributed by atoms with Gasteiger partial charge in [-0.05, 0) is 36.6 Å². The number of carbonyl (C=O) groups excluding carboxylic acids is 1. The van der Waals surface area contributed by atoms with Gasteiger partial charge >= 0.3 is 0 Å². The summed E-state index contributed by atoms with van der Waals surface area (Å²) >= 11 is 6.04. The van der Waals surface area contributed by atoms with Gasteiger partial charge < -0.3 is 10.6 Å². The number of pyridine rings is 2. The number of nitrogens with two attached hydrogens (primary N) is 1. The summed E-state index contributed by atoms with van der Waals surface area (Å²) in [5, 5.41) is 0.189. The quantitative estimate of drug-likeness (QED) is 0.881. The summed E-state index contributed by atoms with van der Waals surface area (Å²) in [5.74, 6) is -0.126. The molecule has 0 saturated heterocycles. The van der Waals surface area contributed by atoms with E-state index in [1.165, 1.54) is 6.20 Å². The molecule has 2 aromatic rings. The van der Waals surface area contributed by atoms with E-state index in [1.807, 2.05) is 17.0 Å². The van der Waals surface area contributed by atoms with Crippen LogP contribution in [0.3, 0.4) is 0 Å². The molecular formula is C15H15ClN4O. The summed E-state index contributed by atoms with van der Waals surface area (Å²) in [4.78, 5) is 22.5. The van der Waals surface area contributed by atoms with Crippen LogP contribution in [0.15, 0.2) is 36.8 Å². The van der Waals surface area contributed by atoms with Gasteiger partial charge in [-0.3, -0.25) is 9.78 Å². The van der Waals surface area contributed by atoms with Gasteiger partial charge in [-0.15, -0.1) is 0 Å². The van der Waals surface area contributed by atoms with Crippen molar-refractivity contribution in [1.29, 1.82) is 0 Å². The molecule has 1 saturated carbocycles. The molecule has 0 atom stereocenters. The second kappa shape index (κ2) is 5.69. The van der Waals surface area contributed by atoms with E-state index in [2.05, 4.69) is 9.97 Å². The molecule has 2 aromatic heterocycles. The average Bonchev–Trinajstić information content (AvgIpc) is 3.32. The van der Waals surface area contributed by atoms with Crippen molar-refractivity contribution in [2.45, 2.75) is 25.4 Å². The maximum Gasteiger partial charge on any atom is 0.257 e. The van der Waals surface area contributed by atoms with Gasteiger partial charge in [0.1, 0.15) is 5.15 Å². The monoisotopic (exact) mass is 302 g/mol. The molecule has 0 radical (unpaired) electrons. The first-order valence-electron chi connectivity index (χ1n) is 6.76. The van der Waals surface area contributed by atoms with Crippen molar-refractivity contribution in [3.63, 3.8) is 0 Å². The zero-order valence-corrected chi connectivity index (χ0v) is 12.1. The lowest BCUT2D eigenvalue weighted by Crippen LogP contribution is -2.33. The number of carbonyl (C=O) groups is 1. The molecule has 0 aromatic carbocycles. The number of halogens is 1. The Bertz CT molecular complexity index is 658. The summed E-state index contributed by atoms with van der Waals surface area (Å²) in [6.45, 7) is 0.539. The number of aromatic nitrogens is 2. The standard InChI is InChI=1S/C15H15ClN4O/c16-14-13(7-11(17)8-19-14)15(21)20(12-1-2-12)9-10-3-5-18-6-4-10/h3-8,12H,1-2,9,17H2. The van der Waals surface area contributed by atoms with Crippen LogP contribution in [0.4, 0.5) is 5.69 Å². The van der Waals surface area contributed by atoms with Crippen LogP contribution in [-0.2, 0) is 6.54 Å². The molecular weight excluding hydrogens is 288 g/mol. The molecule has 21 heavy (non-hydrogen) atoms. The highest BCUT2D eigenvalue weighted by Crippen LogP contribution is 2.31. The van der Waals surface area contributed by atoms with Crippen molar-refractivity contribution in [2.24, 2.45) is 0 Å². The van der Waals surface area contributed by atoms with Gasteiger partial charge in [0.05, 0.1) is 17.4 Å². The minimum absolute atomic E-state index is 0.126. The van der Waals surface area contributed by atoms with Crippen LogP contribution >= 0.6 is 11.6 Å². The van der Waals surface area contributed by atoms with E-state index in [0.29, 0.717) is 17.8 Å². The van der Waals surface area contributed by atoms with E-state index < -0.39 is 0 Å². The van der Waals surface area contributed by atoms with Gasteiger partial charge in [0, 0.05) is 25.0 Å². The van der Waals surface area contributed by atoms with E-state index in [0.717, 1.165) is 18.4 Å². The highest BCUT2D eigenvalue weighted by molar-refractivity contribution is 6.32. The smallest absolute Gasteiger partial charge is 0.257 e. The van der Waals surface area contributed by atoms with E-state index in [1.54, 1.807) is 18.5 Å². The Morgan fingerprint density at radius 2 is 2.10 bits per heavy atom. The third-order valence-corrected chi connectivity index (χ3v) is 3.74. The molecule has 0 spiro atoms. The summed E-state index contributed by atoms with van der Waals surface area (Å²) in [7, 11) is 0. The van der Waals surface area contributed by atoms with Crippen LogP contribution in [0.2, 0.25) is 5.15 Å². The fourth-order valence-corrected chi connectivity index (χ4v) is 2.39. The largest absolute Gasteiger partial charge is 0.397 e. The van der Waals surface area contributed by atoms with Crippen LogP contribution in [0.1, 0.15) is 28.8 Å². The maximum atomic E-state index is 12.7. The van der Waals surface area contributed by atoms with Gasteiger partial charge in [0.25, 0.3) is 5.91 Å². The van der Waals surface area contributed by atoms with Crippen LogP contribution < -0.4 is 5.73 Å². The van der Waals surface area contributed by atoms with Crippen molar-refractivity contribution in [2.75, 3.05) is 5.73 Å². The fourth-order valence-electron chi connectivity index (χ4n) is 2.21. The SMILES string of the molecule is Nc1cnc(Cl)c(C(=O)N(Cc2ccncc2)C2CC2)c1. The van der Waals surface area contributed by atoms with Crippen molar-refractivity contribution < 1.29 is 4.79 Å². The van der Waals surface area contributed by atoms with E-state index in [4.69, 9.17) is 17.3 Å². The highest BCUT2D eigenvalue weighted by atomic mass is 35.5. The second-order valence-corrected chi connectivity index (χ2v) is 5.48. The molecule has 6 heteroatoms. The lowest BCUT2D eigenvalue weighted by Gasteiger charge is -2.23. The minimum Gasteiger partial charge on any atom is -0.397 e. The summed E-state index contributed by atoms with van der Waals surface area (Å²) < 4.78 is 0. The van der Waals surface area contributed by atoms with Crippen LogP contribution in [0, 0.1) is 0 Å². The molecule has 0 bridgehead atoms. The minimum atomic E-state index is -0.126. The molecule has 0 aliphatic heterocycles. The van der Waals surface area contributed by atoms with Gasteiger partial charge in [0.15, 0.2) is 0 Å². The Morgan fingerprint density at radius 3 is 2.76 bits per heavy atom. The van der Waals surface area contributed by atoms with E-state index in [-0.39, 0.29) is 17.1 Å². The summed E-state index contributed by atoms with van der Waals surface area (Å²) in [6.07, 6.45) is 6.93. The first kappa shape index (κ1) is 13.8. The average molecular weight is 303 g/mol. The van der Waals surface area contributed by atoms with Crippen LogP contribution in [-0.4, -0.2) is 26.8 Å². The fraction of sp³-hybridized carbons (Fsp3) is 0.267. The Labute approximate surface area is 127 Å². The molecule has 108 valence electrons. The number of nitrogens with zero attached hydrogens (tertiary/aromatic N) is 3. The number of amides is 1. The van der Waals surface area contributed by atoms with Crippen LogP contribution in [0.25, 0.3) is 0 Å². The van der Waals surface area contributed by atoms with Gasteiger partial charge in [-0.1, -0.05) is 11.6 Å². The molecule has 1 fully saturated rings. The number of hydrogen-bond donors (Lipinski definition) is 1. The number of nitrogen functional groups attached to an aromatic ring is 1. The number of anilines is 1. The van der Waals surface area contributed by atoms with Crippen LogP contribution in [0.5, 0.6) is 0 Å². The van der Waals surface area contributed by atoms with Crippen molar-refractivity contribution in [3.8, 4) is 0 Å². The third kappa shape index (κ3) is 3.13. The normalized spacial score (nSPS) is 14.0. The molecule has 1 aliphatic carbocycles. The molecule has 0 unspecified atom stereocenters. The van der Waals surface area contributed by atoms with E-state index in [9.17, 15) is 4.79 Å². The first-order chi connectivity index (χ1) is 10.1. The summed E-state index contributed by atoms with van der Waals surface area (Å²) in [5.41, 5.74) is 7.54. The topological polar surface area (TPSA) is 72.1 Å². The Hall–Kier alpha value is -2.14. The van der Waals surface area contributed by atoms with Gasteiger partial charge in [-0.2, -0.15) is 0 Å². The van der Waals surface area contributed by atoms with Crippen molar-refractivity contribution >= 4 is 23.2 Å². The molecule has 2 N–H and O–H groups in total. The predicted molar refractivity (Wildman–Crippen MR) is 80.8 cm³/mol. The lowest BCUT2D eigenvalue weighted by molar-refractivity contribution is 0.0729. The second-order valence-electron chi connectivity index (χ2n) is 5.13. The highest BCUT2D eigenvalue weighted by Gasteiger charge is 2.34. The molecule has 5 nitrogen and oxygen atoms in total. The predicted octanol–water partition coefficient (Wildman–Crippen LogP) is 2.52. The Kier molecular flexibility index (Phi) is 3.75. The third-order valence-electron chi connectivity index (χ3n) is 3.44. The number of rotatable bonds is 4. The Morgan fingerprint density at radius 1 is 1.38 bits per heavy atom. The zero-order valence-electron chi connectivity index (χ0n) is 11.4. The van der Waals surface area contributed by atoms with Crippen molar-refractivity contribution in [3.05, 3.63) is 53.1 Å². The molecule has 1 amide bonds. The summed E-state index contributed by atoms with van der Waals surface area (Å²) in [6, 6.07) is 5.66. The van der Waals surface area contributed by atoms with E-state index >= 15 is 0 Å².